The fourth-order valence-corrected chi connectivity index (χ4v) is 1.88. The Morgan fingerprint density at radius 2 is 2.11 bits per heavy atom. The topological polar surface area (TPSA) is 60.9 Å². The number of nitrogens with two attached hydrogens (primary N) is 1. The molecule has 1 heterocycles. The highest BCUT2D eigenvalue weighted by atomic mass is 16.1. The molecule has 1 rings (SSSR count). The molecule has 0 aliphatic rings. The van der Waals surface area contributed by atoms with Crippen LogP contribution in [0.3, 0.4) is 0 Å². The maximum Gasteiger partial charge on any atom is 0.140 e. The van der Waals surface area contributed by atoms with Gasteiger partial charge in [0.2, 0.25) is 0 Å². The van der Waals surface area contributed by atoms with Crippen LogP contribution in [0.5, 0.6) is 0 Å². The van der Waals surface area contributed by atoms with E-state index in [-0.39, 0.29) is 11.8 Å². The standard InChI is InChI=1S/C14H25N3O/c1-5-11-7-12(17(6-2)16-11)8-13(18)9-14(15)10(3)4/h7,10,14H,5-6,8-9,15H2,1-4H3. The second kappa shape index (κ2) is 6.69. The lowest BCUT2D eigenvalue weighted by Gasteiger charge is -2.14. The molecule has 1 aromatic rings. The van der Waals surface area contributed by atoms with Gasteiger partial charge in [0.1, 0.15) is 5.78 Å². The van der Waals surface area contributed by atoms with Crippen molar-refractivity contribution < 1.29 is 4.79 Å². The maximum absolute atomic E-state index is 12.0. The number of aryl methyl sites for hydroxylation is 2. The summed E-state index contributed by atoms with van der Waals surface area (Å²) in [5, 5.41) is 4.45. The number of Topliss-reactive ketones (excluding diaryl/α,β-unsaturated/α-hetero) is 1. The monoisotopic (exact) mass is 251 g/mol. The summed E-state index contributed by atoms with van der Waals surface area (Å²) in [7, 11) is 0. The lowest BCUT2D eigenvalue weighted by molar-refractivity contribution is -0.119. The van der Waals surface area contributed by atoms with Gasteiger partial charge in [-0.15, -0.1) is 0 Å². The van der Waals surface area contributed by atoms with Crippen molar-refractivity contribution in [2.75, 3.05) is 0 Å². The average molecular weight is 251 g/mol. The predicted molar refractivity (Wildman–Crippen MR) is 73.4 cm³/mol. The molecule has 0 radical (unpaired) electrons. The molecule has 0 spiro atoms. The average Bonchev–Trinajstić information content (AvgIpc) is 2.70. The first-order valence-electron chi connectivity index (χ1n) is 6.80. The molecule has 2 N–H and O–H groups in total. The van der Waals surface area contributed by atoms with E-state index in [0.717, 1.165) is 24.4 Å². The summed E-state index contributed by atoms with van der Waals surface area (Å²) in [5.74, 6) is 0.546. The van der Waals surface area contributed by atoms with Crippen LogP contribution in [0.4, 0.5) is 0 Å². The highest BCUT2D eigenvalue weighted by Gasteiger charge is 2.15. The van der Waals surface area contributed by atoms with Crippen molar-refractivity contribution in [3.8, 4) is 0 Å². The molecule has 0 aliphatic heterocycles. The van der Waals surface area contributed by atoms with E-state index in [9.17, 15) is 4.79 Å². The lowest BCUT2D eigenvalue weighted by atomic mass is 9.98. The van der Waals surface area contributed by atoms with E-state index in [1.807, 2.05) is 31.5 Å². The Balaban J connectivity index is 2.66. The highest BCUT2D eigenvalue weighted by Crippen LogP contribution is 2.10. The van der Waals surface area contributed by atoms with Gasteiger partial charge in [-0.1, -0.05) is 20.8 Å². The molecule has 4 nitrogen and oxygen atoms in total. The summed E-state index contributed by atoms with van der Waals surface area (Å²) in [4.78, 5) is 12.0. The number of ketones is 1. The zero-order valence-corrected chi connectivity index (χ0v) is 11.9. The van der Waals surface area contributed by atoms with Crippen LogP contribution in [-0.2, 0) is 24.2 Å². The fraction of sp³-hybridized carbons (Fsp3) is 0.714. The van der Waals surface area contributed by atoms with Crippen molar-refractivity contribution in [3.63, 3.8) is 0 Å². The second-order valence-corrected chi connectivity index (χ2v) is 5.12. The fourth-order valence-electron chi connectivity index (χ4n) is 1.88. The van der Waals surface area contributed by atoms with E-state index in [0.29, 0.717) is 18.8 Å². The Hall–Kier alpha value is -1.16. The summed E-state index contributed by atoms with van der Waals surface area (Å²) < 4.78 is 1.91. The van der Waals surface area contributed by atoms with Crippen molar-refractivity contribution in [1.29, 1.82) is 0 Å². The smallest absolute Gasteiger partial charge is 0.140 e. The molecule has 1 unspecified atom stereocenters. The molecule has 0 bridgehead atoms. The van der Waals surface area contributed by atoms with Crippen LogP contribution in [0, 0.1) is 5.92 Å². The van der Waals surface area contributed by atoms with Crippen molar-refractivity contribution >= 4 is 5.78 Å². The molecule has 18 heavy (non-hydrogen) atoms. The molecule has 1 atom stereocenters. The molecular formula is C14H25N3O. The van der Waals surface area contributed by atoms with Gasteiger partial charge < -0.3 is 5.73 Å². The van der Waals surface area contributed by atoms with Crippen LogP contribution in [0.25, 0.3) is 0 Å². The van der Waals surface area contributed by atoms with Crippen molar-refractivity contribution in [1.82, 2.24) is 9.78 Å². The minimum absolute atomic E-state index is 0.0406. The van der Waals surface area contributed by atoms with Gasteiger partial charge in [-0.25, -0.2) is 0 Å². The maximum atomic E-state index is 12.0. The molecular weight excluding hydrogens is 226 g/mol. The summed E-state index contributed by atoms with van der Waals surface area (Å²) in [6, 6.07) is 1.99. The Labute approximate surface area is 110 Å². The van der Waals surface area contributed by atoms with E-state index in [2.05, 4.69) is 12.0 Å². The SMILES string of the molecule is CCc1cc(CC(=O)CC(N)C(C)C)n(CC)n1. The Morgan fingerprint density at radius 1 is 1.44 bits per heavy atom. The Bertz CT molecular complexity index is 396. The van der Waals surface area contributed by atoms with Gasteiger partial charge in [0, 0.05) is 31.1 Å². The Kier molecular flexibility index (Phi) is 5.54. The van der Waals surface area contributed by atoms with Gasteiger partial charge in [-0.3, -0.25) is 9.48 Å². The van der Waals surface area contributed by atoms with Crippen LogP contribution in [0.1, 0.15) is 45.5 Å². The third-order valence-corrected chi connectivity index (χ3v) is 3.27. The zero-order chi connectivity index (χ0) is 13.7. The summed E-state index contributed by atoms with van der Waals surface area (Å²) in [6.07, 6.45) is 1.80. The first kappa shape index (κ1) is 14.9. The minimum Gasteiger partial charge on any atom is -0.327 e. The third kappa shape index (κ3) is 3.95. The van der Waals surface area contributed by atoms with Crippen molar-refractivity contribution in [2.45, 2.75) is 59.5 Å². The van der Waals surface area contributed by atoms with Crippen molar-refractivity contribution in [2.24, 2.45) is 11.7 Å². The van der Waals surface area contributed by atoms with Gasteiger partial charge in [0.05, 0.1) is 5.69 Å². The van der Waals surface area contributed by atoms with Gasteiger partial charge in [-0.2, -0.15) is 5.10 Å². The number of rotatable bonds is 7. The summed E-state index contributed by atoms with van der Waals surface area (Å²) >= 11 is 0. The molecule has 0 amide bonds. The van der Waals surface area contributed by atoms with Crippen LogP contribution in [-0.4, -0.2) is 21.6 Å². The molecule has 0 fully saturated rings. The van der Waals surface area contributed by atoms with Gasteiger partial charge >= 0.3 is 0 Å². The quantitative estimate of drug-likeness (QED) is 0.805. The zero-order valence-electron chi connectivity index (χ0n) is 11.9. The van der Waals surface area contributed by atoms with E-state index in [1.54, 1.807) is 0 Å². The van der Waals surface area contributed by atoms with Crippen molar-refractivity contribution in [3.05, 3.63) is 17.5 Å². The summed E-state index contributed by atoms with van der Waals surface area (Å²) in [6.45, 7) is 9.01. The van der Waals surface area contributed by atoms with Crippen LogP contribution in [0.2, 0.25) is 0 Å². The minimum atomic E-state index is -0.0406. The largest absolute Gasteiger partial charge is 0.327 e. The number of hydrogen-bond donors (Lipinski definition) is 1. The predicted octanol–water partition coefficient (Wildman–Crippen LogP) is 1.95. The first-order chi connectivity index (χ1) is 8.47. The number of nitrogens with zero attached hydrogens (tertiary/aromatic N) is 2. The normalized spacial score (nSPS) is 13.0. The Morgan fingerprint density at radius 3 is 2.61 bits per heavy atom. The van der Waals surface area contributed by atoms with Gasteiger partial charge in [0.25, 0.3) is 0 Å². The van der Waals surface area contributed by atoms with Crippen LogP contribution < -0.4 is 5.73 Å². The van der Waals surface area contributed by atoms with E-state index < -0.39 is 0 Å². The number of hydrogen-bond acceptors (Lipinski definition) is 3. The van der Waals surface area contributed by atoms with E-state index >= 15 is 0 Å². The highest BCUT2D eigenvalue weighted by molar-refractivity contribution is 5.81. The summed E-state index contributed by atoms with van der Waals surface area (Å²) in [5.41, 5.74) is 7.99. The van der Waals surface area contributed by atoms with Crippen LogP contribution >= 0.6 is 0 Å². The number of carbonyl (C=O) groups is 1. The molecule has 0 aromatic carbocycles. The van der Waals surface area contributed by atoms with E-state index in [4.69, 9.17) is 5.73 Å². The molecule has 4 heteroatoms. The van der Waals surface area contributed by atoms with Crippen LogP contribution in [0.15, 0.2) is 6.07 Å². The third-order valence-electron chi connectivity index (χ3n) is 3.27. The number of carbonyl (C=O) groups excluding carboxylic acids is 1. The molecule has 0 saturated heterocycles. The molecule has 1 aromatic heterocycles. The lowest BCUT2D eigenvalue weighted by Crippen LogP contribution is -2.30. The molecule has 0 aliphatic carbocycles. The first-order valence-corrected chi connectivity index (χ1v) is 6.80. The molecule has 102 valence electrons. The molecule has 0 saturated carbocycles. The van der Waals surface area contributed by atoms with E-state index in [1.165, 1.54) is 0 Å². The van der Waals surface area contributed by atoms with Gasteiger partial charge in [0.15, 0.2) is 0 Å². The van der Waals surface area contributed by atoms with Gasteiger partial charge in [-0.05, 0) is 25.3 Å². The second-order valence-electron chi connectivity index (χ2n) is 5.12. The number of aromatic nitrogens is 2.